The molecule has 0 radical (unpaired) electrons. The van der Waals surface area contributed by atoms with Gasteiger partial charge in [-0.1, -0.05) is 24.3 Å². The molecule has 0 atom stereocenters. The Kier molecular flexibility index (Phi) is 4.30. The average molecular weight is 260 g/mol. The molecule has 0 N–H and O–H groups in total. The van der Waals surface area contributed by atoms with Crippen LogP contribution in [0.15, 0.2) is 57.0 Å². The second-order valence-corrected chi connectivity index (χ2v) is 4.95. The van der Waals surface area contributed by atoms with E-state index in [1.54, 1.807) is 0 Å². The Morgan fingerprint density at radius 1 is 1.00 bits per heavy atom. The van der Waals surface area contributed by atoms with Gasteiger partial charge in [-0.05, 0) is 22.9 Å². The van der Waals surface area contributed by atoms with E-state index in [0.717, 1.165) is 4.90 Å². The van der Waals surface area contributed by atoms with E-state index in [1.807, 2.05) is 12.1 Å². The normalized spacial score (nSPS) is 15.9. The van der Waals surface area contributed by atoms with Crippen LogP contribution in [0, 0.1) is 0 Å². The molecule has 1 aliphatic rings. The van der Waals surface area contributed by atoms with Gasteiger partial charge in [-0.2, -0.15) is 10.9 Å². The Bertz CT molecular complexity index is 333. The summed E-state index contributed by atoms with van der Waals surface area (Å²) in [5, 5.41) is 4.48. The first-order chi connectivity index (χ1) is 5.88. The third kappa shape index (κ3) is 2.49. The van der Waals surface area contributed by atoms with Gasteiger partial charge in [0.25, 0.3) is 0 Å². The predicted molar refractivity (Wildman–Crippen MR) is 59.2 cm³/mol. The number of benzene rings is 1. The fraction of sp³-hybridized carbons (Fsp3) is 0. The molecular formula is C10H10S2Zn. The fourth-order valence-electron chi connectivity index (χ4n) is 1.18. The summed E-state index contributed by atoms with van der Waals surface area (Å²) in [6.07, 6.45) is 4.21. The molecule has 64 valence electrons. The summed E-state index contributed by atoms with van der Waals surface area (Å²) in [6.45, 7) is 0. The van der Waals surface area contributed by atoms with Crippen molar-refractivity contribution in [2.45, 2.75) is 9.79 Å². The molecule has 1 aromatic carbocycles. The number of thiol groups is 2. The van der Waals surface area contributed by atoms with Crippen molar-refractivity contribution in [1.29, 1.82) is 0 Å². The van der Waals surface area contributed by atoms with Crippen LogP contribution in [0.4, 0.5) is 0 Å². The smallest absolute Gasteiger partial charge is 0.0165 e. The second kappa shape index (κ2) is 5.04. The maximum atomic E-state index is 4.42. The van der Waals surface area contributed by atoms with Crippen molar-refractivity contribution in [3.63, 3.8) is 0 Å². The molecule has 0 fully saturated rings. The van der Waals surface area contributed by atoms with E-state index >= 15 is 0 Å². The Hall–Kier alpha value is 0.0234. The van der Waals surface area contributed by atoms with Gasteiger partial charge in [-0.25, -0.2) is 0 Å². The van der Waals surface area contributed by atoms with Crippen LogP contribution in [0.25, 0.3) is 0 Å². The molecule has 3 heteroatoms. The molecule has 13 heavy (non-hydrogen) atoms. The zero-order valence-electron chi connectivity index (χ0n) is 7.22. The first kappa shape index (κ1) is 11.1. The van der Waals surface area contributed by atoms with Crippen molar-refractivity contribution in [3.8, 4) is 0 Å². The minimum Gasteiger partial charge on any atom is -0.185 e. The molecule has 0 nitrogen and oxygen atoms in total. The van der Waals surface area contributed by atoms with E-state index in [1.165, 1.54) is 4.90 Å². The molecule has 0 saturated carbocycles. The van der Waals surface area contributed by atoms with Crippen LogP contribution in [-0.4, -0.2) is 0 Å². The quantitative estimate of drug-likeness (QED) is 0.561. The maximum Gasteiger partial charge on any atom is 0.0165 e. The van der Waals surface area contributed by atoms with Crippen molar-refractivity contribution in [2.24, 2.45) is 0 Å². The summed E-state index contributed by atoms with van der Waals surface area (Å²) in [7, 11) is -0.199. The van der Waals surface area contributed by atoms with Crippen LogP contribution in [0.2, 0.25) is 0 Å². The molecule has 1 heterocycles. The molecular weight excluding hydrogens is 250 g/mol. The largest absolute Gasteiger partial charge is 0.185 e. The Labute approximate surface area is 99.6 Å². The molecule has 0 saturated heterocycles. The van der Waals surface area contributed by atoms with E-state index in [4.69, 9.17) is 0 Å². The van der Waals surface area contributed by atoms with E-state index in [2.05, 4.69) is 47.7 Å². The van der Waals surface area contributed by atoms with Crippen LogP contribution in [0.1, 0.15) is 0 Å². The first-order valence-electron chi connectivity index (χ1n) is 3.79. The van der Waals surface area contributed by atoms with Crippen LogP contribution in [0.5, 0.6) is 0 Å². The molecule has 0 aliphatic carbocycles. The monoisotopic (exact) mass is 258 g/mol. The minimum atomic E-state index is -0.199. The van der Waals surface area contributed by atoms with E-state index in [-0.39, 0.29) is 30.4 Å². The molecule has 0 unspecified atom stereocenters. The summed E-state index contributed by atoms with van der Waals surface area (Å²) in [6, 6.07) is 8.27. The molecule has 2 rings (SSSR count). The van der Waals surface area contributed by atoms with Crippen molar-refractivity contribution < 1.29 is 19.5 Å². The zero-order valence-corrected chi connectivity index (χ0v) is 12.0. The number of hydrogen-bond donors (Lipinski definition) is 2. The Morgan fingerprint density at radius 2 is 1.62 bits per heavy atom. The van der Waals surface area contributed by atoms with Gasteiger partial charge >= 0.3 is 0 Å². The second-order valence-electron chi connectivity index (χ2n) is 2.58. The molecule has 0 bridgehead atoms. The third-order valence-corrected chi connectivity index (χ3v) is 4.26. The maximum absolute atomic E-state index is 4.42. The first-order valence-corrected chi connectivity index (χ1v) is 5.72. The molecule has 0 aromatic heterocycles. The Morgan fingerprint density at radius 3 is 2.23 bits per heavy atom. The molecule has 0 amide bonds. The van der Waals surface area contributed by atoms with Gasteiger partial charge in [0.2, 0.25) is 0 Å². The summed E-state index contributed by atoms with van der Waals surface area (Å²) in [4.78, 5) is 2.45. The van der Waals surface area contributed by atoms with Gasteiger partial charge in [-0.3, -0.25) is 0 Å². The van der Waals surface area contributed by atoms with E-state index in [9.17, 15) is 0 Å². The number of allylic oxidation sites excluding steroid dienone is 2. The number of rotatable bonds is 1. The van der Waals surface area contributed by atoms with Gasteiger partial charge in [0.15, 0.2) is 0 Å². The standard InChI is InChI=1S/C10H10S2.Zn/c11-9-5-1-2-6-10(9)12-7-3-4-8-12;/h1-8,11-12H;. The van der Waals surface area contributed by atoms with Gasteiger partial charge < -0.3 is 0 Å². The topological polar surface area (TPSA) is 0 Å². The van der Waals surface area contributed by atoms with Crippen LogP contribution in [-0.2, 0) is 19.5 Å². The third-order valence-electron chi connectivity index (χ3n) is 1.76. The van der Waals surface area contributed by atoms with Crippen molar-refractivity contribution >= 4 is 23.5 Å². The van der Waals surface area contributed by atoms with Crippen molar-refractivity contribution in [1.82, 2.24) is 0 Å². The summed E-state index contributed by atoms with van der Waals surface area (Å²) < 4.78 is 0. The fourth-order valence-corrected chi connectivity index (χ4v) is 3.27. The summed E-state index contributed by atoms with van der Waals surface area (Å²) in [5.74, 6) is 0. The van der Waals surface area contributed by atoms with E-state index < -0.39 is 0 Å². The molecule has 1 aliphatic heterocycles. The zero-order chi connectivity index (χ0) is 8.39. The average Bonchev–Trinajstić information content (AvgIpc) is 2.57. The van der Waals surface area contributed by atoms with Crippen LogP contribution in [0.3, 0.4) is 0 Å². The number of hydrogen-bond acceptors (Lipinski definition) is 1. The SMILES string of the molecule is Sc1ccccc1[SH]1C=CC=C1.[Zn]. The van der Waals surface area contributed by atoms with Gasteiger partial charge in [0.05, 0.1) is 0 Å². The van der Waals surface area contributed by atoms with Crippen LogP contribution < -0.4 is 0 Å². The van der Waals surface area contributed by atoms with E-state index in [0.29, 0.717) is 0 Å². The predicted octanol–water partition coefficient (Wildman–Crippen LogP) is 3.37. The molecule has 1 aromatic rings. The van der Waals surface area contributed by atoms with Crippen molar-refractivity contribution in [3.05, 3.63) is 47.2 Å². The van der Waals surface area contributed by atoms with Gasteiger partial charge in [0, 0.05) is 29.3 Å². The molecule has 0 spiro atoms. The van der Waals surface area contributed by atoms with Gasteiger partial charge in [-0.15, -0.1) is 12.6 Å². The summed E-state index contributed by atoms with van der Waals surface area (Å²) >= 11 is 4.42. The summed E-state index contributed by atoms with van der Waals surface area (Å²) in [5.41, 5.74) is 0. The van der Waals surface area contributed by atoms with Crippen molar-refractivity contribution in [2.75, 3.05) is 0 Å². The Balaban J connectivity index is 0.000000845. The van der Waals surface area contributed by atoms with Gasteiger partial charge in [0.1, 0.15) is 0 Å². The van der Waals surface area contributed by atoms with Crippen LogP contribution >= 0.6 is 23.5 Å². The minimum absolute atomic E-state index is 0.